The highest BCUT2D eigenvalue weighted by molar-refractivity contribution is 6.19. The number of hydrogen-bond acceptors (Lipinski definition) is 4. The third kappa shape index (κ3) is 3.50. The Hall–Kier alpha value is -5.35. The van der Waals surface area contributed by atoms with Gasteiger partial charge in [-0.25, -0.2) is 4.98 Å². The van der Waals surface area contributed by atoms with Gasteiger partial charge in [0.1, 0.15) is 16.7 Å². The summed E-state index contributed by atoms with van der Waals surface area (Å²) in [6.07, 6.45) is 0. The lowest BCUT2D eigenvalue weighted by Crippen LogP contribution is -2.10. The third-order valence-corrected chi connectivity index (χ3v) is 7.27. The molecule has 2 heterocycles. The first-order valence-electron chi connectivity index (χ1n) is 13.0. The van der Waals surface area contributed by atoms with Gasteiger partial charge in [-0.1, -0.05) is 66.7 Å². The van der Waals surface area contributed by atoms with Crippen molar-refractivity contribution in [1.29, 1.82) is 0 Å². The lowest BCUT2D eigenvalue weighted by atomic mass is 10.0. The van der Waals surface area contributed by atoms with Gasteiger partial charge in [0.15, 0.2) is 5.58 Å². The fourth-order valence-corrected chi connectivity index (χ4v) is 5.48. The number of fused-ring (bicyclic) bond motifs is 6. The number of benzene rings is 6. The smallest absolute Gasteiger partial charge is 0.227 e. The summed E-state index contributed by atoms with van der Waals surface area (Å²) in [5.74, 6) is 0.587. The number of aromatic nitrogens is 1. The third-order valence-electron chi connectivity index (χ3n) is 7.27. The molecule has 0 amide bonds. The number of oxazole rings is 1. The van der Waals surface area contributed by atoms with Gasteiger partial charge in [0.2, 0.25) is 5.89 Å². The fourth-order valence-electron chi connectivity index (χ4n) is 5.48. The van der Waals surface area contributed by atoms with E-state index in [1.54, 1.807) is 0 Å². The maximum atomic E-state index is 6.67. The average Bonchev–Trinajstić information content (AvgIpc) is 3.60. The van der Waals surface area contributed by atoms with Crippen molar-refractivity contribution < 1.29 is 8.83 Å². The summed E-state index contributed by atoms with van der Waals surface area (Å²) >= 11 is 0. The van der Waals surface area contributed by atoms with E-state index < -0.39 is 0 Å². The molecule has 0 aliphatic carbocycles. The lowest BCUT2D eigenvalue weighted by Gasteiger charge is -2.26. The molecule has 39 heavy (non-hydrogen) atoms. The molecule has 8 aromatic rings. The lowest BCUT2D eigenvalue weighted by molar-refractivity contribution is 0.619. The Labute approximate surface area is 224 Å². The zero-order valence-corrected chi connectivity index (χ0v) is 20.9. The number of rotatable bonds is 4. The van der Waals surface area contributed by atoms with E-state index in [-0.39, 0.29) is 0 Å². The Morgan fingerprint density at radius 3 is 2.03 bits per heavy atom. The summed E-state index contributed by atoms with van der Waals surface area (Å²) in [5.41, 5.74) is 7.41. The van der Waals surface area contributed by atoms with Gasteiger partial charge >= 0.3 is 0 Å². The van der Waals surface area contributed by atoms with Gasteiger partial charge < -0.3 is 13.7 Å². The molecule has 0 N–H and O–H groups in total. The van der Waals surface area contributed by atoms with Crippen LogP contribution < -0.4 is 4.90 Å². The van der Waals surface area contributed by atoms with E-state index >= 15 is 0 Å². The molecule has 0 bridgehead atoms. The summed E-state index contributed by atoms with van der Waals surface area (Å²) in [7, 11) is 0. The summed E-state index contributed by atoms with van der Waals surface area (Å²) in [6.45, 7) is 0. The summed E-state index contributed by atoms with van der Waals surface area (Å²) < 4.78 is 12.7. The van der Waals surface area contributed by atoms with Crippen molar-refractivity contribution in [3.05, 3.63) is 133 Å². The van der Waals surface area contributed by atoms with Gasteiger partial charge in [0, 0.05) is 33.1 Å². The van der Waals surface area contributed by atoms with Crippen molar-refractivity contribution in [3.63, 3.8) is 0 Å². The Kier molecular flexibility index (Phi) is 4.79. The van der Waals surface area contributed by atoms with Gasteiger partial charge in [-0.05, 0) is 72.1 Å². The van der Waals surface area contributed by atoms with E-state index in [2.05, 4.69) is 101 Å². The van der Waals surface area contributed by atoms with E-state index in [1.165, 1.54) is 0 Å². The van der Waals surface area contributed by atoms with Crippen LogP contribution in [0.2, 0.25) is 0 Å². The van der Waals surface area contributed by atoms with Gasteiger partial charge in [0.25, 0.3) is 0 Å². The summed E-state index contributed by atoms with van der Waals surface area (Å²) in [4.78, 5) is 6.97. The number of para-hydroxylation sites is 4. The molecule has 0 unspecified atom stereocenters. The molecule has 0 radical (unpaired) electrons. The van der Waals surface area contributed by atoms with Gasteiger partial charge in [-0.15, -0.1) is 0 Å². The molecule has 0 aliphatic heterocycles. The van der Waals surface area contributed by atoms with Crippen LogP contribution in [0.4, 0.5) is 17.1 Å². The number of nitrogens with zero attached hydrogens (tertiary/aromatic N) is 2. The highest BCUT2D eigenvalue weighted by atomic mass is 16.3. The van der Waals surface area contributed by atoms with E-state index in [9.17, 15) is 0 Å². The van der Waals surface area contributed by atoms with Crippen molar-refractivity contribution >= 4 is 60.9 Å². The average molecular weight is 503 g/mol. The molecule has 8 rings (SSSR count). The molecule has 0 fully saturated rings. The molecular weight excluding hydrogens is 480 g/mol. The quantitative estimate of drug-likeness (QED) is 0.240. The molecule has 2 aromatic heterocycles. The number of furan rings is 1. The summed E-state index contributed by atoms with van der Waals surface area (Å²) in [5, 5.41) is 4.33. The topological polar surface area (TPSA) is 42.4 Å². The predicted octanol–water partition coefficient (Wildman–Crippen LogP) is 10.0. The van der Waals surface area contributed by atoms with Crippen LogP contribution in [0.1, 0.15) is 0 Å². The van der Waals surface area contributed by atoms with E-state index in [4.69, 9.17) is 8.83 Å². The Morgan fingerprint density at radius 2 is 1.26 bits per heavy atom. The Bertz CT molecular complexity index is 2050. The highest BCUT2D eigenvalue weighted by Gasteiger charge is 2.20. The van der Waals surface area contributed by atoms with Crippen molar-refractivity contribution in [3.8, 4) is 11.5 Å². The van der Waals surface area contributed by atoms with Crippen molar-refractivity contribution in [2.45, 2.75) is 0 Å². The molecule has 0 atom stereocenters. The second-order valence-electron chi connectivity index (χ2n) is 9.62. The first-order chi connectivity index (χ1) is 19.3. The molecule has 6 aromatic carbocycles. The molecule has 0 saturated heterocycles. The first-order valence-corrected chi connectivity index (χ1v) is 13.0. The van der Waals surface area contributed by atoms with Crippen LogP contribution in [0.3, 0.4) is 0 Å². The fraction of sp³-hybridized carbons (Fsp3) is 0. The van der Waals surface area contributed by atoms with E-state index in [0.29, 0.717) is 5.89 Å². The number of anilines is 3. The zero-order valence-electron chi connectivity index (χ0n) is 20.9. The monoisotopic (exact) mass is 502 g/mol. The van der Waals surface area contributed by atoms with E-state index in [0.717, 1.165) is 66.4 Å². The Morgan fingerprint density at radius 1 is 0.538 bits per heavy atom. The molecule has 184 valence electrons. The van der Waals surface area contributed by atoms with Crippen LogP contribution in [-0.2, 0) is 0 Å². The minimum atomic E-state index is 0.587. The van der Waals surface area contributed by atoms with Crippen LogP contribution in [0.5, 0.6) is 0 Å². The van der Waals surface area contributed by atoms with Crippen LogP contribution >= 0.6 is 0 Å². The Balaban J connectivity index is 1.37. The second-order valence-corrected chi connectivity index (χ2v) is 9.62. The largest absolute Gasteiger partial charge is 0.455 e. The van der Waals surface area contributed by atoms with Crippen molar-refractivity contribution in [2.24, 2.45) is 0 Å². The van der Waals surface area contributed by atoms with Crippen LogP contribution in [0.15, 0.2) is 142 Å². The summed E-state index contributed by atoms with van der Waals surface area (Å²) in [6, 6.07) is 45.7. The zero-order chi connectivity index (χ0) is 25.8. The van der Waals surface area contributed by atoms with Crippen LogP contribution in [0, 0.1) is 0 Å². The maximum absolute atomic E-state index is 6.67. The van der Waals surface area contributed by atoms with E-state index in [1.807, 2.05) is 42.5 Å². The first kappa shape index (κ1) is 21.7. The van der Waals surface area contributed by atoms with Gasteiger partial charge in [-0.3, -0.25) is 0 Å². The molecule has 0 aliphatic rings. The normalized spacial score (nSPS) is 11.6. The number of hydrogen-bond donors (Lipinski definition) is 0. The SMILES string of the molecule is c1ccc(N(c2ccccc2)c2cccc3ccc4c5ccc(-c6nc7ccccc7o6)cc5oc4c23)cc1. The highest BCUT2D eigenvalue weighted by Crippen LogP contribution is 2.44. The standard InChI is InChI=1S/C35H22N2O2/c1-3-11-25(12-4-1)37(26-13-5-2-6-14-26)30-16-9-10-23-18-21-28-27-20-19-24(22-32(27)38-34(28)33(23)30)35-36-29-15-7-8-17-31(29)39-35/h1-22H. The minimum absolute atomic E-state index is 0.587. The molecule has 0 spiro atoms. The molecule has 4 heteroatoms. The van der Waals surface area contributed by atoms with Crippen molar-refractivity contribution in [2.75, 3.05) is 4.90 Å². The molecule has 0 saturated carbocycles. The second kappa shape index (κ2) is 8.61. The van der Waals surface area contributed by atoms with Crippen LogP contribution in [0.25, 0.3) is 55.3 Å². The predicted molar refractivity (Wildman–Crippen MR) is 159 cm³/mol. The minimum Gasteiger partial charge on any atom is -0.455 e. The molecule has 4 nitrogen and oxygen atoms in total. The molecular formula is C35H22N2O2. The maximum Gasteiger partial charge on any atom is 0.227 e. The van der Waals surface area contributed by atoms with Crippen molar-refractivity contribution in [1.82, 2.24) is 4.98 Å². The van der Waals surface area contributed by atoms with Crippen LogP contribution in [-0.4, -0.2) is 4.98 Å². The van der Waals surface area contributed by atoms with Gasteiger partial charge in [-0.2, -0.15) is 0 Å². The van der Waals surface area contributed by atoms with Gasteiger partial charge in [0.05, 0.1) is 5.69 Å².